The summed E-state index contributed by atoms with van der Waals surface area (Å²) >= 11 is 0. The molecule has 2 aliphatic rings. The molecule has 0 saturated heterocycles. The maximum Gasteiger partial charge on any atom is 0.272 e. The molecule has 3 aromatic rings. The lowest BCUT2D eigenvalue weighted by atomic mass is 9.98. The highest BCUT2D eigenvalue weighted by molar-refractivity contribution is 5.64. The Morgan fingerprint density at radius 2 is 2.09 bits per heavy atom. The second-order valence-electron chi connectivity index (χ2n) is 8.31. The summed E-state index contributed by atoms with van der Waals surface area (Å²) in [7, 11) is 1.56. The van der Waals surface area contributed by atoms with Crippen molar-refractivity contribution < 1.29 is 13.5 Å². The summed E-state index contributed by atoms with van der Waals surface area (Å²) in [4.78, 5) is 23.8. The van der Waals surface area contributed by atoms with Gasteiger partial charge < -0.3 is 4.74 Å². The number of nitrogens with zero attached hydrogens (tertiary/aromatic N) is 4. The van der Waals surface area contributed by atoms with Gasteiger partial charge in [-0.05, 0) is 48.4 Å². The Bertz CT molecular complexity index is 1320. The maximum atomic E-state index is 14.3. The molecule has 9 heteroatoms. The number of benzene rings is 1. The molecule has 2 aliphatic heterocycles. The van der Waals surface area contributed by atoms with Crippen LogP contribution in [0.2, 0.25) is 0 Å². The van der Waals surface area contributed by atoms with Crippen molar-refractivity contribution in [1.82, 2.24) is 19.5 Å². The lowest BCUT2D eigenvalue weighted by Crippen LogP contribution is -2.51. The number of ether oxygens (including phenoxy) is 1. The van der Waals surface area contributed by atoms with Crippen LogP contribution in [0.5, 0.6) is 0 Å². The van der Waals surface area contributed by atoms with E-state index in [9.17, 15) is 13.6 Å². The summed E-state index contributed by atoms with van der Waals surface area (Å²) in [6, 6.07) is 6.73. The first-order valence-corrected chi connectivity index (χ1v) is 10.7. The zero-order valence-electron chi connectivity index (χ0n) is 18.3. The van der Waals surface area contributed by atoms with Crippen LogP contribution >= 0.6 is 0 Å². The number of nitrogens with one attached hydrogen (secondary N) is 1. The Balaban J connectivity index is 1.43. The molecule has 2 aromatic heterocycles. The first kappa shape index (κ1) is 21.4. The van der Waals surface area contributed by atoms with Crippen LogP contribution in [-0.2, 0) is 24.3 Å². The van der Waals surface area contributed by atoms with Gasteiger partial charge in [-0.2, -0.15) is 0 Å². The first-order chi connectivity index (χ1) is 15.9. The molecule has 1 atom stereocenters. The van der Waals surface area contributed by atoms with Gasteiger partial charge in [0.05, 0.1) is 12.3 Å². The van der Waals surface area contributed by atoms with E-state index >= 15 is 0 Å². The second kappa shape index (κ2) is 8.49. The molecule has 0 amide bonds. The third-order valence-corrected chi connectivity index (χ3v) is 6.00. The third-order valence-electron chi connectivity index (χ3n) is 6.00. The van der Waals surface area contributed by atoms with Gasteiger partial charge in [0.15, 0.2) is 5.82 Å². The van der Waals surface area contributed by atoms with Crippen LogP contribution in [-0.4, -0.2) is 39.4 Å². The molecule has 1 unspecified atom stereocenters. The van der Waals surface area contributed by atoms with Crippen LogP contribution in [0, 0.1) is 11.6 Å². The van der Waals surface area contributed by atoms with Crippen molar-refractivity contribution >= 4 is 6.08 Å². The van der Waals surface area contributed by atoms with E-state index in [1.807, 2.05) is 19.1 Å². The van der Waals surface area contributed by atoms with Gasteiger partial charge in [0, 0.05) is 55.7 Å². The minimum Gasteiger partial charge on any atom is -0.378 e. The van der Waals surface area contributed by atoms with E-state index in [2.05, 4.69) is 20.3 Å². The van der Waals surface area contributed by atoms with Crippen molar-refractivity contribution in [2.45, 2.75) is 32.7 Å². The molecule has 0 aliphatic carbocycles. The van der Waals surface area contributed by atoms with E-state index in [0.29, 0.717) is 30.0 Å². The van der Waals surface area contributed by atoms with E-state index in [1.54, 1.807) is 13.3 Å². The van der Waals surface area contributed by atoms with E-state index in [0.717, 1.165) is 35.5 Å². The van der Waals surface area contributed by atoms with E-state index in [-0.39, 0.29) is 23.9 Å². The molecule has 1 aromatic carbocycles. The quantitative estimate of drug-likeness (QED) is 0.658. The van der Waals surface area contributed by atoms with Crippen molar-refractivity contribution in [2.75, 3.05) is 19.1 Å². The van der Waals surface area contributed by atoms with Gasteiger partial charge in [0.25, 0.3) is 5.56 Å². The molecule has 1 N–H and O–H groups in total. The molecule has 0 radical (unpaired) electrons. The zero-order valence-corrected chi connectivity index (χ0v) is 18.3. The fourth-order valence-electron chi connectivity index (χ4n) is 4.41. The Hall–Kier alpha value is -3.43. The largest absolute Gasteiger partial charge is 0.378 e. The van der Waals surface area contributed by atoms with Crippen LogP contribution in [0.25, 0.3) is 17.2 Å². The molecule has 4 heterocycles. The third kappa shape index (κ3) is 4.05. The summed E-state index contributed by atoms with van der Waals surface area (Å²) in [6.45, 7) is 3.54. The number of rotatable bonds is 4. The summed E-state index contributed by atoms with van der Waals surface area (Å²) in [5, 5.41) is 0. The maximum absolute atomic E-state index is 14.3. The molecular formula is C24H23F2N5O2. The number of hydrogen-bond acceptors (Lipinski definition) is 6. The average Bonchev–Trinajstić information content (AvgIpc) is 2.80. The van der Waals surface area contributed by atoms with Gasteiger partial charge in [-0.1, -0.05) is 0 Å². The monoisotopic (exact) mass is 451 g/mol. The number of pyridine rings is 1. The minimum absolute atomic E-state index is 0.188. The predicted octanol–water partition coefficient (Wildman–Crippen LogP) is 3.07. The Kier molecular flexibility index (Phi) is 5.51. The van der Waals surface area contributed by atoms with E-state index in [4.69, 9.17) is 4.74 Å². The fourth-order valence-corrected chi connectivity index (χ4v) is 4.41. The lowest BCUT2D eigenvalue weighted by Gasteiger charge is -2.38. The SMILES string of the molecule is COCc1cc(=O)n2c(n1)C=C(C)C(N1CCc3ncc(-c4cc(F)ccc4F)cc3C1)N2. The molecule has 0 saturated carbocycles. The van der Waals surface area contributed by atoms with Gasteiger partial charge >= 0.3 is 0 Å². The highest BCUT2D eigenvalue weighted by Crippen LogP contribution is 2.29. The smallest absolute Gasteiger partial charge is 0.272 e. The molecule has 7 nitrogen and oxygen atoms in total. The number of hydrogen-bond donors (Lipinski definition) is 1. The standard InChI is InChI=1S/C24H23F2N5O2/c1-14-7-22-28-18(13-33-2)10-23(32)31(22)29-24(14)30-6-5-21-16(12-30)8-15(11-27-21)19-9-17(25)3-4-20(19)26/h3-4,7-11,24,29H,5-6,12-13H2,1-2H3. The Morgan fingerprint density at radius 3 is 2.91 bits per heavy atom. The number of fused-ring (bicyclic) bond motifs is 2. The molecule has 170 valence electrons. The normalized spacial score (nSPS) is 17.7. The highest BCUT2D eigenvalue weighted by atomic mass is 19.1. The van der Waals surface area contributed by atoms with Crippen LogP contribution in [0.4, 0.5) is 8.78 Å². The highest BCUT2D eigenvalue weighted by Gasteiger charge is 2.29. The van der Waals surface area contributed by atoms with Crippen molar-refractivity contribution in [3.63, 3.8) is 0 Å². The van der Waals surface area contributed by atoms with Crippen LogP contribution < -0.4 is 11.0 Å². The van der Waals surface area contributed by atoms with Crippen LogP contribution in [0.1, 0.15) is 29.7 Å². The van der Waals surface area contributed by atoms with Crippen molar-refractivity contribution in [2.24, 2.45) is 0 Å². The number of methoxy groups -OCH3 is 1. The summed E-state index contributed by atoms with van der Waals surface area (Å²) in [6.07, 6.45) is 3.98. The molecule has 0 fully saturated rings. The lowest BCUT2D eigenvalue weighted by molar-refractivity contribution is 0.180. The average molecular weight is 451 g/mol. The first-order valence-electron chi connectivity index (χ1n) is 10.7. The predicted molar refractivity (Wildman–Crippen MR) is 120 cm³/mol. The zero-order chi connectivity index (χ0) is 23.1. The van der Waals surface area contributed by atoms with Gasteiger partial charge in [0.2, 0.25) is 0 Å². The van der Waals surface area contributed by atoms with Crippen molar-refractivity contribution in [3.05, 3.63) is 86.9 Å². The number of halogens is 2. The summed E-state index contributed by atoms with van der Waals surface area (Å²) in [5.74, 6) is -0.453. The molecule has 33 heavy (non-hydrogen) atoms. The van der Waals surface area contributed by atoms with Crippen LogP contribution in [0.3, 0.4) is 0 Å². The number of aromatic nitrogens is 3. The van der Waals surface area contributed by atoms with Gasteiger partial charge in [0.1, 0.15) is 17.8 Å². The molecule has 0 spiro atoms. The fraction of sp³-hybridized carbons (Fsp3) is 0.292. The van der Waals surface area contributed by atoms with E-state index < -0.39 is 11.6 Å². The molecule has 5 rings (SSSR count). The molecular weight excluding hydrogens is 428 g/mol. The van der Waals surface area contributed by atoms with Gasteiger partial charge in [-0.25, -0.2) is 18.4 Å². The van der Waals surface area contributed by atoms with Gasteiger partial charge in [-0.15, -0.1) is 0 Å². The minimum atomic E-state index is -0.496. The van der Waals surface area contributed by atoms with Crippen molar-refractivity contribution in [1.29, 1.82) is 0 Å². The molecule has 0 bridgehead atoms. The summed E-state index contributed by atoms with van der Waals surface area (Å²) in [5.41, 5.74) is 7.27. The van der Waals surface area contributed by atoms with Crippen LogP contribution in [0.15, 0.2) is 46.9 Å². The Labute approximate surface area is 189 Å². The summed E-state index contributed by atoms with van der Waals surface area (Å²) < 4.78 is 34.5. The van der Waals surface area contributed by atoms with Crippen molar-refractivity contribution in [3.8, 4) is 11.1 Å². The van der Waals surface area contributed by atoms with E-state index in [1.165, 1.54) is 16.8 Å². The second-order valence-corrected chi connectivity index (χ2v) is 8.31. The topological polar surface area (TPSA) is 72.3 Å². The van der Waals surface area contributed by atoms with Gasteiger partial charge in [-0.3, -0.25) is 20.1 Å². The Morgan fingerprint density at radius 1 is 1.24 bits per heavy atom.